The molecule has 2 nitrogen and oxygen atoms in total. The third-order valence-corrected chi connectivity index (χ3v) is 5.90. The first-order valence-electron chi connectivity index (χ1n) is 10.2. The standard InChI is InChI=1S/C27H26N2/c1-27(2,3)20-14-12-18(13-15-20)26(22-17-28-24-11-7-5-9-21(22)24)25-16-19-8-4-6-10-23(19)29-25/h4-17,26,28-29H,1-3H3. The zero-order valence-electron chi connectivity index (χ0n) is 17.2. The van der Waals surface area contributed by atoms with Crippen LogP contribution in [-0.4, -0.2) is 9.97 Å². The van der Waals surface area contributed by atoms with Gasteiger partial charge in [-0.2, -0.15) is 0 Å². The summed E-state index contributed by atoms with van der Waals surface area (Å²) in [4.78, 5) is 7.14. The molecule has 0 fully saturated rings. The molecule has 1 unspecified atom stereocenters. The van der Waals surface area contributed by atoms with E-state index in [4.69, 9.17) is 0 Å². The lowest BCUT2D eigenvalue weighted by Gasteiger charge is -2.21. The highest BCUT2D eigenvalue weighted by molar-refractivity contribution is 5.86. The summed E-state index contributed by atoms with van der Waals surface area (Å²) in [5.41, 5.74) is 7.68. The zero-order valence-corrected chi connectivity index (χ0v) is 17.2. The molecule has 5 aromatic rings. The third-order valence-electron chi connectivity index (χ3n) is 5.90. The summed E-state index contributed by atoms with van der Waals surface area (Å²) < 4.78 is 0. The summed E-state index contributed by atoms with van der Waals surface area (Å²) in [5, 5.41) is 2.52. The van der Waals surface area contributed by atoms with Crippen LogP contribution in [0.2, 0.25) is 0 Å². The van der Waals surface area contributed by atoms with Gasteiger partial charge in [0.1, 0.15) is 0 Å². The molecule has 0 aliphatic rings. The van der Waals surface area contributed by atoms with Crippen LogP contribution in [0.25, 0.3) is 21.8 Å². The van der Waals surface area contributed by atoms with Crippen LogP contribution >= 0.6 is 0 Å². The minimum atomic E-state index is 0.146. The number of H-pyrrole nitrogens is 2. The molecule has 29 heavy (non-hydrogen) atoms. The highest BCUT2D eigenvalue weighted by atomic mass is 14.7. The van der Waals surface area contributed by atoms with E-state index in [0.29, 0.717) is 0 Å². The maximum atomic E-state index is 3.68. The quantitative estimate of drug-likeness (QED) is 0.335. The third kappa shape index (κ3) is 3.15. The maximum absolute atomic E-state index is 3.68. The Labute approximate surface area is 171 Å². The second kappa shape index (κ2) is 6.66. The van der Waals surface area contributed by atoms with Crippen molar-refractivity contribution in [2.75, 3.05) is 0 Å². The fourth-order valence-corrected chi connectivity index (χ4v) is 4.29. The fourth-order valence-electron chi connectivity index (χ4n) is 4.29. The number of hydrogen-bond acceptors (Lipinski definition) is 0. The minimum Gasteiger partial charge on any atom is -0.361 e. The molecule has 1 atom stereocenters. The molecular weight excluding hydrogens is 352 g/mol. The van der Waals surface area contributed by atoms with E-state index in [-0.39, 0.29) is 11.3 Å². The molecule has 0 saturated carbocycles. The SMILES string of the molecule is CC(C)(C)c1ccc(C(c2cc3ccccc3[nH]2)c2c[nH]c3ccccc23)cc1. The van der Waals surface area contributed by atoms with E-state index in [1.54, 1.807) is 0 Å². The second-order valence-corrected chi connectivity index (χ2v) is 8.91. The Balaban J connectivity index is 1.71. The first-order valence-corrected chi connectivity index (χ1v) is 10.2. The van der Waals surface area contributed by atoms with Crippen LogP contribution < -0.4 is 0 Å². The molecule has 0 bridgehead atoms. The molecule has 2 aromatic heterocycles. The van der Waals surface area contributed by atoms with Crippen molar-refractivity contribution >= 4 is 21.8 Å². The van der Waals surface area contributed by atoms with E-state index >= 15 is 0 Å². The predicted molar refractivity (Wildman–Crippen MR) is 123 cm³/mol. The summed E-state index contributed by atoms with van der Waals surface area (Å²) >= 11 is 0. The number of benzene rings is 3. The molecular formula is C27H26N2. The Kier molecular flexibility index (Phi) is 4.09. The lowest BCUT2D eigenvalue weighted by atomic mass is 9.83. The van der Waals surface area contributed by atoms with Gasteiger partial charge in [-0.1, -0.05) is 81.4 Å². The highest BCUT2D eigenvalue weighted by Gasteiger charge is 2.23. The van der Waals surface area contributed by atoms with Gasteiger partial charge in [-0.05, 0) is 45.7 Å². The van der Waals surface area contributed by atoms with Crippen LogP contribution in [0.1, 0.15) is 49.1 Å². The summed E-state index contributed by atoms with van der Waals surface area (Å²) in [7, 11) is 0. The summed E-state index contributed by atoms with van der Waals surface area (Å²) in [6.45, 7) is 6.78. The van der Waals surface area contributed by atoms with Crippen LogP contribution in [0.15, 0.2) is 85.1 Å². The van der Waals surface area contributed by atoms with Gasteiger partial charge in [-0.3, -0.25) is 0 Å². The number of aromatic amines is 2. The molecule has 144 valence electrons. The van der Waals surface area contributed by atoms with Gasteiger partial charge in [0.25, 0.3) is 0 Å². The van der Waals surface area contributed by atoms with Gasteiger partial charge in [0.15, 0.2) is 0 Å². The van der Waals surface area contributed by atoms with Crippen molar-refractivity contribution in [3.63, 3.8) is 0 Å². The van der Waals surface area contributed by atoms with Gasteiger partial charge < -0.3 is 9.97 Å². The van der Waals surface area contributed by atoms with Crippen LogP contribution in [0.5, 0.6) is 0 Å². The Morgan fingerprint density at radius 3 is 2.17 bits per heavy atom. The number of nitrogens with one attached hydrogen (secondary N) is 2. The van der Waals surface area contributed by atoms with Gasteiger partial charge >= 0.3 is 0 Å². The summed E-state index contributed by atoms with van der Waals surface area (Å²) in [6.07, 6.45) is 2.17. The van der Waals surface area contributed by atoms with E-state index in [0.717, 1.165) is 0 Å². The number of rotatable bonds is 3. The molecule has 5 rings (SSSR count). The normalized spacial score (nSPS) is 13.2. The monoisotopic (exact) mass is 378 g/mol. The Bertz CT molecular complexity index is 1250. The fraction of sp³-hybridized carbons (Fsp3) is 0.185. The molecule has 2 N–H and O–H groups in total. The molecule has 3 aromatic carbocycles. The molecule has 2 heteroatoms. The number of hydrogen-bond donors (Lipinski definition) is 2. The first-order chi connectivity index (χ1) is 14.0. The summed E-state index contributed by atoms with van der Waals surface area (Å²) in [6, 6.07) is 28.5. The van der Waals surface area contributed by atoms with E-state index in [2.05, 4.69) is 116 Å². The van der Waals surface area contributed by atoms with Crippen LogP contribution in [0.4, 0.5) is 0 Å². The topological polar surface area (TPSA) is 31.6 Å². The smallest absolute Gasteiger partial charge is 0.0512 e. The number of para-hydroxylation sites is 2. The molecule has 0 aliphatic heterocycles. The van der Waals surface area contributed by atoms with Gasteiger partial charge in [0.2, 0.25) is 0 Å². The highest BCUT2D eigenvalue weighted by Crippen LogP contribution is 2.37. The Morgan fingerprint density at radius 2 is 1.45 bits per heavy atom. The van der Waals surface area contributed by atoms with E-state index in [1.165, 1.54) is 44.2 Å². The average molecular weight is 379 g/mol. The van der Waals surface area contributed by atoms with Gasteiger partial charge in [0, 0.05) is 28.3 Å². The molecule has 0 amide bonds. The predicted octanol–water partition coefficient (Wildman–Crippen LogP) is 7.13. The lowest BCUT2D eigenvalue weighted by Crippen LogP contribution is -2.11. The van der Waals surface area contributed by atoms with Gasteiger partial charge in [-0.15, -0.1) is 0 Å². The Morgan fingerprint density at radius 1 is 0.759 bits per heavy atom. The average Bonchev–Trinajstić information content (AvgIpc) is 3.33. The first kappa shape index (κ1) is 17.8. The van der Waals surface area contributed by atoms with Crippen molar-refractivity contribution in [1.82, 2.24) is 9.97 Å². The van der Waals surface area contributed by atoms with E-state index in [9.17, 15) is 0 Å². The van der Waals surface area contributed by atoms with Crippen molar-refractivity contribution in [3.05, 3.63) is 107 Å². The van der Waals surface area contributed by atoms with Crippen molar-refractivity contribution in [1.29, 1.82) is 0 Å². The van der Waals surface area contributed by atoms with Crippen molar-refractivity contribution < 1.29 is 0 Å². The maximum Gasteiger partial charge on any atom is 0.0512 e. The lowest BCUT2D eigenvalue weighted by molar-refractivity contribution is 0.590. The van der Waals surface area contributed by atoms with E-state index in [1.807, 2.05) is 0 Å². The van der Waals surface area contributed by atoms with Crippen molar-refractivity contribution in [2.24, 2.45) is 0 Å². The van der Waals surface area contributed by atoms with E-state index < -0.39 is 0 Å². The van der Waals surface area contributed by atoms with Gasteiger partial charge in [-0.25, -0.2) is 0 Å². The number of fused-ring (bicyclic) bond motifs is 2. The Hall–Kier alpha value is -3.26. The number of aromatic nitrogens is 2. The molecule has 0 spiro atoms. The molecule has 2 heterocycles. The minimum absolute atomic E-state index is 0.146. The zero-order chi connectivity index (χ0) is 20.0. The van der Waals surface area contributed by atoms with Gasteiger partial charge in [0.05, 0.1) is 5.92 Å². The largest absolute Gasteiger partial charge is 0.361 e. The van der Waals surface area contributed by atoms with Crippen LogP contribution in [-0.2, 0) is 5.41 Å². The second-order valence-electron chi connectivity index (χ2n) is 8.91. The van der Waals surface area contributed by atoms with Crippen molar-refractivity contribution in [2.45, 2.75) is 32.1 Å². The van der Waals surface area contributed by atoms with Crippen molar-refractivity contribution in [3.8, 4) is 0 Å². The molecule has 0 saturated heterocycles. The van der Waals surface area contributed by atoms with Crippen LogP contribution in [0, 0.1) is 0 Å². The summed E-state index contributed by atoms with van der Waals surface area (Å²) in [5.74, 6) is 0.146. The molecule has 0 radical (unpaired) electrons. The van der Waals surface area contributed by atoms with Crippen LogP contribution in [0.3, 0.4) is 0 Å². The molecule has 0 aliphatic carbocycles.